The molecule has 0 amide bonds. The molecule has 0 aliphatic rings. The van der Waals surface area contributed by atoms with Gasteiger partial charge in [0.25, 0.3) is 0 Å². The molecule has 0 atom stereocenters. The SMILES string of the molecule is CCCNc1nnc(-c2cccc(OCC)c2)s1. The molecule has 0 unspecified atom stereocenters. The fourth-order valence-electron chi connectivity index (χ4n) is 1.53. The number of nitrogens with one attached hydrogen (secondary N) is 1. The first-order chi connectivity index (χ1) is 8.83. The number of rotatable bonds is 6. The highest BCUT2D eigenvalue weighted by Crippen LogP contribution is 2.28. The van der Waals surface area contributed by atoms with Crippen molar-refractivity contribution in [3.63, 3.8) is 0 Å². The van der Waals surface area contributed by atoms with Crippen LogP contribution in [-0.4, -0.2) is 23.3 Å². The van der Waals surface area contributed by atoms with E-state index in [0.717, 1.165) is 34.4 Å². The summed E-state index contributed by atoms with van der Waals surface area (Å²) < 4.78 is 5.48. The third-order valence-electron chi connectivity index (χ3n) is 2.34. The Labute approximate surface area is 111 Å². The van der Waals surface area contributed by atoms with Gasteiger partial charge in [0, 0.05) is 12.1 Å². The van der Waals surface area contributed by atoms with Gasteiger partial charge in [0.05, 0.1) is 6.61 Å². The second-order valence-corrected chi connectivity index (χ2v) is 4.78. The third-order valence-corrected chi connectivity index (χ3v) is 3.27. The topological polar surface area (TPSA) is 47.0 Å². The van der Waals surface area contributed by atoms with Crippen molar-refractivity contribution in [3.05, 3.63) is 24.3 Å². The maximum Gasteiger partial charge on any atom is 0.206 e. The Morgan fingerprint density at radius 2 is 2.17 bits per heavy atom. The highest BCUT2D eigenvalue weighted by molar-refractivity contribution is 7.18. The van der Waals surface area contributed by atoms with Crippen LogP contribution in [0, 0.1) is 0 Å². The Morgan fingerprint density at radius 1 is 1.28 bits per heavy atom. The van der Waals surface area contributed by atoms with E-state index in [4.69, 9.17) is 4.74 Å². The highest BCUT2D eigenvalue weighted by Gasteiger charge is 2.06. The van der Waals surface area contributed by atoms with Crippen molar-refractivity contribution >= 4 is 16.5 Å². The molecule has 0 aliphatic heterocycles. The predicted molar refractivity (Wildman–Crippen MR) is 75.3 cm³/mol. The Kier molecular flexibility index (Phi) is 4.52. The molecule has 1 aromatic carbocycles. The summed E-state index contributed by atoms with van der Waals surface area (Å²) in [7, 11) is 0. The first-order valence-electron chi connectivity index (χ1n) is 6.14. The lowest BCUT2D eigenvalue weighted by atomic mass is 10.2. The van der Waals surface area contributed by atoms with E-state index in [9.17, 15) is 0 Å². The molecule has 0 aliphatic carbocycles. The molecule has 0 saturated heterocycles. The fourth-order valence-corrected chi connectivity index (χ4v) is 2.29. The summed E-state index contributed by atoms with van der Waals surface area (Å²) in [6, 6.07) is 7.94. The van der Waals surface area contributed by atoms with Crippen molar-refractivity contribution in [2.24, 2.45) is 0 Å². The molecule has 0 bridgehead atoms. The summed E-state index contributed by atoms with van der Waals surface area (Å²) in [5.74, 6) is 0.869. The van der Waals surface area contributed by atoms with Gasteiger partial charge in [0.2, 0.25) is 5.13 Å². The van der Waals surface area contributed by atoms with Gasteiger partial charge in [0.1, 0.15) is 10.8 Å². The van der Waals surface area contributed by atoms with Crippen LogP contribution < -0.4 is 10.1 Å². The van der Waals surface area contributed by atoms with E-state index in [1.54, 1.807) is 11.3 Å². The van der Waals surface area contributed by atoms with E-state index in [0.29, 0.717) is 6.61 Å². The molecule has 0 fully saturated rings. The van der Waals surface area contributed by atoms with Crippen molar-refractivity contribution < 1.29 is 4.74 Å². The van der Waals surface area contributed by atoms with Crippen molar-refractivity contribution in [2.45, 2.75) is 20.3 Å². The number of nitrogens with zero attached hydrogens (tertiary/aromatic N) is 2. The summed E-state index contributed by atoms with van der Waals surface area (Å²) in [6.45, 7) is 5.70. The largest absolute Gasteiger partial charge is 0.494 e. The van der Waals surface area contributed by atoms with Gasteiger partial charge in [-0.3, -0.25) is 0 Å². The van der Waals surface area contributed by atoms with Gasteiger partial charge >= 0.3 is 0 Å². The average molecular weight is 263 g/mol. The number of ether oxygens (including phenoxy) is 1. The second kappa shape index (κ2) is 6.35. The molecule has 5 heteroatoms. The molecule has 0 spiro atoms. The van der Waals surface area contributed by atoms with Crippen LogP contribution in [0.3, 0.4) is 0 Å². The molecular weight excluding hydrogens is 246 g/mol. The van der Waals surface area contributed by atoms with Crippen LogP contribution in [0.1, 0.15) is 20.3 Å². The first-order valence-corrected chi connectivity index (χ1v) is 6.95. The zero-order chi connectivity index (χ0) is 12.8. The number of hydrogen-bond acceptors (Lipinski definition) is 5. The summed E-state index contributed by atoms with van der Waals surface area (Å²) in [5, 5.41) is 13.3. The van der Waals surface area contributed by atoms with Gasteiger partial charge in [-0.15, -0.1) is 10.2 Å². The van der Waals surface area contributed by atoms with Gasteiger partial charge in [-0.05, 0) is 25.5 Å². The number of aromatic nitrogens is 2. The normalized spacial score (nSPS) is 10.3. The summed E-state index contributed by atoms with van der Waals surface area (Å²) >= 11 is 1.56. The minimum Gasteiger partial charge on any atom is -0.494 e. The molecule has 1 aromatic heterocycles. The highest BCUT2D eigenvalue weighted by atomic mass is 32.1. The molecule has 0 radical (unpaired) electrons. The summed E-state index contributed by atoms with van der Waals surface area (Å²) in [6.07, 6.45) is 1.08. The minimum absolute atomic E-state index is 0.670. The Morgan fingerprint density at radius 3 is 2.94 bits per heavy atom. The predicted octanol–water partition coefficient (Wildman–Crippen LogP) is 3.43. The van der Waals surface area contributed by atoms with Gasteiger partial charge in [-0.2, -0.15) is 0 Å². The third kappa shape index (κ3) is 3.20. The first kappa shape index (κ1) is 12.8. The zero-order valence-electron chi connectivity index (χ0n) is 10.6. The maximum atomic E-state index is 5.48. The molecule has 1 N–H and O–H groups in total. The van der Waals surface area contributed by atoms with Crippen molar-refractivity contribution in [3.8, 4) is 16.3 Å². The van der Waals surface area contributed by atoms with Gasteiger partial charge < -0.3 is 10.1 Å². The Balaban J connectivity index is 2.15. The van der Waals surface area contributed by atoms with E-state index in [1.165, 1.54) is 0 Å². The van der Waals surface area contributed by atoms with Crippen LogP contribution in [0.15, 0.2) is 24.3 Å². The van der Waals surface area contributed by atoms with Gasteiger partial charge in [-0.1, -0.05) is 30.4 Å². The monoisotopic (exact) mass is 263 g/mol. The van der Waals surface area contributed by atoms with Crippen LogP contribution in [0.5, 0.6) is 5.75 Å². The van der Waals surface area contributed by atoms with Crippen LogP contribution in [0.2, 0.25) is 0 Å². The minimum atomic E-state index is 0.670. The molecule has 18 heavy (non-hydrogen) atoms. The van der Waals surface area contributed by atoms with Crippen molar-refractivity contribution in [1.82, 2.24) is 10.2 Å². The average Bonchev–Trinajstić information content (AvgIpc) is 2.86. The molecule has 0 saturated carbocycles. The molecule has 2 rings (SSSR count). The van der Waals surface area contributed by atoms with Gasteiger partial charge in [0.15, 0.2) is 0 Å². The fraction of sp³-hybridized carbons (Fsp3) is 0.385. The van der Waals surface area contributed by atoms with Gasteiger partial charge in [-0.25, -0.2) is 0 Å². The van der Waals surface area contributed by atoms with Crippen LogP contribution >= 0.6 is 11.3 Å². The number of benzene rings is 1. The molecule has 4 nitrogen and oxygen atoms in total. The zero-order valence-corrected chi connectivity index (χ0v) is 11.5. The second-order valence-electron chi connectivity index (χ2n) is 3.80. The molecule has 1 heterocycles. The Hall–Kier alpha value is -1.62. The smallest absolute Gasteiger partial charge is 0.206 e. The summed E-state index contributed by atoms with van der Waals surface area (Å²) in [5.41, 5.74) is 1.04. The van der Waals surface area contributed by atoms with Crippen LogP contribution in [0.4, 0.5) is 5.13 Å². The lowest BCUT2D eigenvalue weighted by Gasteiger charge is -2.03. The standard InChI is InChI=1S/C13H17N3OS/c1-3-8-14-13-16-15-12(18-13)10-6-5-7-11(9-10)17-4-2/h5-7,9H,3-4,8H2,1-2H3,(H,14,16). The summed E-state index contributed by atoms with van der Waals surface area (Å²) in [4.78, 5) is 0. The van der Waals surface area contributed by atoms with E-state index in [1.807, 2.05) is 31.2 Å². The van der Waals surface area contributed by atoms with Crippen molar-refractivity contribution in [2.75, 3.05) is 18.5 Å². The molecular formula is C13H17N3OS. The maximum absolute atomic E-state index is 5.48. The number of hydrogen-bond donors (Lipinski definition) is 1. The lowest BCUT2D eigenvalue weighted by molar-refractivity contribution is 0.340. The molecule has 2 aromatic rings. The lowest BCUT2D eigenvalue weighted by Crippen LogP contribution is -1.98. The van der Waals surface area contributed by atoms with E-state index in [-0.39, 0.29) is 0 Å². The van der Waals surface area contributed by atoms with Crippen LogP contribution in [0.25, 0.3) is 10.6 Å². The quantitative estimate of drug-likeness (QED) is 0.867. The van der Waals surface area contributed by atoms with Crippen LogP contribution in [-0.2, 0) is 0 Å². The van der Waals surface area contributed by atoms with Crippen molar-refractivity contribution in [1.29, 1.82) is 0 Å². The number of anilines is 1. The van der Waals surface area contributed by atoms with E-state index >= 15 is 0 Å². The van der Waals surface area contributed by atoms with E-state index < -0.39 is 0 Å². The van der Waals surface area contributed by atoms with E-state index in [2.05, 4.69) is 22.4 Å². The Bertz CT molecular complexity index is 498. The molecule has 96 valence electrons.